The molecule has 3 rings (SSSR count). The number of hydrogen-bond acceptors (Lipinski definition) is 6. The number of morpholine rings is 1. The third-order valence-electron chi connectivity index (χ3n) is 4.68. The first kappa shape index (κ1) is 24.5. The Morgan fingerprint density at radius 3 is 2.67 bits per heavy atom. The molecule has 1 aromatic carbocycles. The maximum Gasteiger partial charge on any atom is 0.191 e. The standard InChI is InChI=1S/C20H31N7O2.HI/c1-3-21-19(23-14-20(2,28)15-26-9-11-29-12-10-26)22-13-18-25-24-16-27(18)17-7-5-4-6-8-17;/h4-8,16,28H,3,9-15H2,1-2H3,(H2,21,22,23);1H. The highest BCUT2D eigenvalue weighted by Gasteiger charge is 2.25. The number of para-hydroxylation sites is 1. The molecule has 0 bridgehead atoms. The monoisotopic (exact) mass is 529 g/mol. The number of aliphatic hydroxyl groups is 1. The Morgan fingerprint density at radius 1 is 1.23 bits per heavy atom. The van der Waals surface area contributed by atoms with Crippen molar-refractivity contribution in [2.45, 2.75) is 26.0 Å². The molecule has 2 heterocycles. The number of β-amino-alcohol motifs (C(OH)–C–C–N with tert-alkyl or cyclic N) is 1. The predicted octanol–water partition coefficient (Wildman–Crippen LogP) is 1.02. The molecule has 1 unspecified atom stereocenters. The smallest absolute Gasteiger partial charge is 0.191 e. The summed E-state index contributed by atoms with van der Waals surface area (Å²) in [5.74, 6) is 1.38. The zero-order valence-corrected chi connectivity index (χ0v) is 20.0. The molecule has 1 atom stereocenters. The zero-order chi connectivity index (χ0) is 20.5. The molecule has 9 nitrogen and oxygen atoms in total. The molecule has 10 heteroatoms. The quantitative estimate of drug-likeness (QED) is 0.267. The Bertz CT molecular complexity index is 776. The number of aromatic nitrogens is 3. The van der Waals surface area contributed by atoms with Crippen LogP contribution in [-0.2, 0) is 11.3 Å². The van der Waals surface area contributed by atoms with E-state index in [-0.39, 0.29) is 24.0 Å². The summed E-state index contributed by atoms with van der Waals surface area (Å²) in [7, 11) is 0. The van der Waals surface area contributed by atoms with E-state index in [9.17, 15) is 5.11 Å². The van der Waals surface area contributed by atoms with Crippen LogP contribution in [0.1, 0.15) is 19.7 Å². The molecular formula is C20H32IN7O2. The Kier molecular flexibility index (Phi) is 9.95. The summed E-state index contributed by atoms with van der Waals surface area (Å²) in [5, 5.41) is 25.5. The van der Waals surface area contributed by atoms with Crippen LogP contribution in [0.4, 0.5) is 0 Å². The lowest BCUT2D eigenvalue weighted by Crippen LogP contribution is -2.53. The number of rotatable bonds is 8. The maximum atomic E-state index is 10.8. The third kappa shape index (κ3) is 7.49. The third-order valence-corrected chi connectivity index (χ3v) is 4.68. The Labute approximate surface area is 194 Å². The van der Waals surface area contributed by atoms with Crippen LogP contribution in [0.15, 0.2) is 41.7 Å². The van der Waals surface area contributed by atoms with Crippen LogP contribution < -0.4 is 10.6 Å². The van der Waals surface area contributed by atoms with E-state index in [4.69, 9.17) is 4.74 Å². The summed E-state index contributed by atoms with van der Waals surface area (Å²) in [6.45, 7) is 9.05. The van der Waals surface area contributed by atoms with Gasteiger partial charge in [0.05, 0.1) is 18.8 Å². The van der Waals surface area contributed by atoms with E-state index in [0.29, 0.717) is 25.6 Å². The van der Waals surface area contributed by atoms with Gasteiger partial charge in [-0.1, -0.05) is 18.2 Å². The minimum Gasteiger partial charge on any atom is -0.387 e. The lowest BCUT2D eigenvalue weighted by Gasteiger charge is -2.34. The van der Waals surface area contributed by atoms with Gasteiger partial charge in [0, 0.05) is 38.4 Å². The molecule has 0 saturated carbocycles. The number of ether oxygens (including phenoxy) is 1. The van der Waals surface area contributed by atoms with Gasteiger partial charge in [-0.2, -0.15) is 0 Å². The molecule has 1 aliphatic rings. The van der Waals surface area contributed by atoms with Crippen LogP contribution in [0.2, 0.25) is 0 Å². The number of aliphatic imine (C=N–C) groups is 1. The van der Waals surface area contributed by atoms with Gasteiger partial charge in [-0.05, 0) is 26.0 Å². The number of halogens is 1. The Hall–Kier alpha value is -1.76. The first-order valence-corrected chi connectivity index (χ1v) is 10.1. The van der Waals surface area contributed by atoms with E-state index in [1.54, 1.807) is 6.33 Å². The van der Waals surface area contributed by atoms with Gasteiger partial charge in [0.25, 0.3) is 0 Å². The van der Waals surface area contributed by atoms with Gasteiger partial charge in [-0.3, -0.25) is 9.47 Å². The summed E-state index contributed by atoms with van der Waals surface area (Å²) in [5.41, 5.74) is 0.117. The van der Waals surface area contributed by atoms with Crippen molar-refractivity contribution >= 4 is 29.9 Å². The predicted molar refractivity (Wildman–Crippen MR) is 127 cm³/mol. The average molecular weight is 529 g/mol. The number of benzene rings is 1. The van der Waals surface area contributed by atoms with Crippen LogP contribution in [0.5, 0.6) is 0 Å². The van der Waals surface area contributed by atoms with Crippen molar-refractivity contribution in [2.24, 2.45) is 4.99 Å². The Balaban J connectivity index is 0.00000320. The molecule has 1 fully saturated rings. The second-order valence-electron chi connectivity index (χ2n) is 7.39. The van der Waals surface area contributed by atoms with Gasteiger partial charge < -0.3 is 20.5 Å². The molecule has 1 aromatic heterocycles. The molecule has 0 spiro atoms. The summed E-state index contributed by atoms with van der Waals surface area (Å²) in [6, 6.07) is 9.93. The minimum absolute atomic E-state index is 0. The topological polar surface area (TPSA) is 99.8 Å². The summed E-state index contributed by atoms with van der Waals surface area (Å²) < 4.78 is 7.29. The second-order valence-corrected chi connectivity index (χ2v) is 7.39. The summed E-state index contributed by atoms with van der Waals surface area (Å²) in [6.07, 6.45) is 1.69. The van der Waals surface area contributed by atoms with Crippen molar-refractivity contribution in [1.82, 2.24) is 30.3 Å². The highest BCUT2D eigenvalue weighted by molar-refractivity contribution is 14.0. The largest absolute Gasteiger partial charge is 0.387 e. The van der Waals surface area contributed by atoms with E-state index in [2.05, 4.69) is 30.7 Å². The van der Waals surface area contributed by atoms with Crippen LogP contribution in [0, 0.1) is 0 Å². The van der Waals surface area contributed by atoms with Crippen molar-refractivity contribution < 1.29 is 9.84 Å². The van der Waals surface area contributed by atoms with E-state index in [1.165, 1.54) is 0 Å². The van der Waals surface area contributed by atoms with Crippen LogP contribution in [0.25, 0.3) is 5.69 Å². The van der Waals surface area contributed by atoms with E-state index in [1.807, 2.05) is 48.7 Å². The number of nitrogens with zero attached hydrogens (tertiary/aromatic N) is 5. The molecule has 2 aromatic rings. The highest BCUT2D eigenvalue weighted by Crippen LogP contribution is 2.10. The molecule has 30 heavy (non-hydrogen) atoms. The normalized spacial score (nSPS) is 17.1. The van der Waals surface area contributed by atoms with Crippen molar-refractivity contribution in [3.63, 3.8) is 0 Å². The van der Waals surface area contributed by atoms with Gasteiger partial charge in [-0.15, -0.1) is 34.2 Å². The van der Waals surface area contributed by atoms with Crippen LogP contribution in [-0.4, -0.2) is 82.3 Å². The first-order chi connectivity index (χ1) is 14.1. The molecule has 0 aliphatic carbocycles. The number of guanidine groups is 1. The first-order valence-electron chi connectivity index (χ1n) is 10.1. The van der Waals surface area contributed by atoms with Crippen molar-refractivity contribution in [3.8, 4) is 5.69 Å². The fourth-order valence-electron chi connectivity index (χ4n) is 3.23. The molecule has 0 amide bonds. The lowest BCUT2D eigenvalue weighted by molar-refractivity contribution is -0.0201. The molecule has 3 N–H and O–H groups in total. The SMILES string of the molecule is CCNC(=NCc1nncn1-c1ccccc1)NCC(C)(O)CN1CCOCC1.I. The molecule has 166 valence electrons. The van der Waals surface area contributed by atoms with Gasteiger partial charge in [0.15, 0.2) is 11.8 Å². The van der Waals surface area contributed by atoms with Gasteiger partial charge in [0.2, 0.25) is 0 Å². The molecule has 0 radical (unpaired) electrons. The van der Waals surface area contributed by atoms with Crippen LogP contribution >= 0.6 is 24.0 Å². The second kappa shape index (κ2) is 12.2. The summed E-state index contributed by atoms with van der Waals surface area (Å²) >= 11 is 0. The molecule has 1 aliphatic heterocycles. The number of hydrogen-bond donors (Lipinski definition) is 3. The maximum absolute atomic E-state index is 10.8. The van der Waals surface area contributed by atoms with Crippen molar-refractivity contribution in [3.05, 3.63) is 42.5 Å². The molecule has 1 saturated heterocycles. The van der Waals surface area contributed by atoms with Gasteiger partial charge in [0.1, 0.15) is 12.9 Å². The molecular weight excluding hydrogens is 497 g/mol. The summed E-state index contributed by atoms with van der Waals surface area (Å²) in [4.78, 5) is 6.84. The van der Waals surface area contributed by atoms with E-state index < -0.39 is 5.60 Å². The van der Waals surface area contributed by atoms with Crippen molar-refractivity contribution in [2.75, 3.05) is 45.9 Å². The van der Waals surface area contributed by atoms with Gasteiger partial charge >= 0.3 is 0 Å². The van der Waals surface area contributed by atoms with Crippen molar-refractivity contribution in [1.29, 1.82) is 0 Å². The Morgan fingerprint density at radius 2 is 1.97 bits per heavy atom. The fourth-order valence-corrected chi connectivity index (χ4v) is 3.23. The van der Waals surface area contributed by atoms with E-state index >= 15 is 0 Å². The minimum atomic E-state index is -0.877. The fraction of sp³-hybridized carbons (Fsp3) is 0.550. The van der Waals surface area contributed by atoms with E-state index in [0.717, 1.165) is 44.4 Å². The van der Waals surface area contributed by atoms with Gasteiger partial charge in [-0.25, -0.2) is 4.99 Å². The highest BCUT2D eigenvalue weighted by atomic mass is 127. The van der Waals surface area contributed by atoms with Crippen LogP contribution in [0.3, 0.4) is 0 Å². The number of nitrogens with one attached hydrogen (secondary N) is 2. The zero-order valence-electron chi connectivity index (χ0n) is 17.6. The average Bonchev–Trinajstić information content (AvgIpc) is 3.20. The lowest BCUT2D eigenvalue weighted by atomic mass is 10.1.